The van der Waals surface area contributed by atoms with Gasteiger partial charge in [0.05, 0.1) is 5.75 Å². The van der Waals surface area contributed by atoms with Gasteiger partial charge in [-0.2, -0.15) is 8.42 Å². The van der Waals surface area contributed by atoms with Crippen molar-refractivity contribution in [2.45, 2.75) is 20.4 Å². The first-order valence-electron chi connectivity index (χ1n) is 7.87. The van der Waals surface area contributed by atoms with Crippen molar-refractivity contribution in [2.24, 2.45) is 0 Å². The Kier molecular flexibility index (Phi) is 6.17. The molecule has 2 N–H and O–H groups in total. The first kappa shape index (κ1) is 19.0. The molecule has 0 saturated heterocycles. The largest absolute Gasteiger partial charge is 0.366 e. The minimum atomic E-state index is -4.07. The highest BCUT2D eigenvalue weighted by atomic mass is 32.2. The first-order chi connectivity index (χ1) is 11.7. The highest BCUT2D eigenvalue weighted by molar-refractivity contribution is 7.85. The summed E-state index contributed by atoms with van der Waals surface area (Å²) in [7, 11) is -4.07. The molecule has 0 saturated carbocycles. The second kappa shape index (κ2) is 8.13. The maximum absolute atomic E-state index is 11.3. The monoisotopic (exact) mass is 362 g/mol. The van der Waals surface area contributed by atoms with Gasteiger partial charge in [-0.25, -0.2) is 0 Å². The van der Waals surface area contributed by atoms with Crippen molar-refractivity contribution in [3.8, 4) is 0 Å². The Hall–Kier alpha value is -2.38. The van der Waals surface area contributed by atoms with E-state index in [1.165, 1.54) is 6.92 Å². The average Bonchev–Trinajstić information content (AvgIpc) is 2.53. The van der Waals surface area contributed by atoms with Gasteiger partial charge in [-0.05, 0) is 30.2 Å². The van der Waals surface area contributed by atoms with Crippen molar-refractivity contribution in [3.05, 3.63) is 59.7 Å². The fourth-order valence-corrected chi connectivity index (χ4v) is 3.00. The Labute approximate surface area is 148 Å². The predicted octanol–water partition coefficient (Wildman–Crippen LogP) is 2.85. The second-order valence-corrected chi connectivity index (χ2v) is 7.45. The fourth-order valence-electron chi connectivity index (χ4n) is 2.55. The summed E-state index contributed by atoms with van der Waals surface area (Å²) >= 11 is 0. The molecule has 0 aromatic heterocycles. The molecule has 0 unspecified atom stereocenters. The molecule has 0 aliphatic heterocycles. The Morgan fingerprint density at radius 2 is 1.84 bits per heavy atom. The molecular formula is C18H22N2O4S. The van der Waals surface area contributed by atoms with Gasteiger partial charge in [-0.15, -0.1) is 0 Å². The van der Waals surface area contributed by atoms with E-state index in [4.69, 9.17) is 4.55 Å². The molecule has 134 valence electrons. The lowest BCUT2D eigenvalue weighted by atomic mass is 10.1. The van der Waals surface area contributed by atoms with Crippen LogP contribution in [0.1, 0.15) is 18.1 Å². The average molecular weight is 362 g/mol. The van der Waals surface area contributed by atoms with Crippen LogP contribution >= 0.6 is 0 Å². The molecule has 0 spiro atoms. The van der Waals surface area contributed by atoms with Gasteiger partial charge >= 0.3 is 0 Å². The number of anilines is 2. The van der Waals surface area contributed by atoms with Crippen LogP contribution in [0, 0.1) is 6.92 Å². The Balaban J connectivity index is 2.34. The molecule has 0 fully saturated rings. The molecule has 25 heavy (non-hydrogen) atoms. The van der Waals surface area contributed by atoms with Gasteiger partial charge in [0, 0.05) is 31.4 Å². The smallest absolute Gasteiger partial charge is 0.266 e. The minimum absolute atomic E-state index is 0.137. The number of carbonyl (C=O) groups excluding carboxylic acids is 1. The number of amides is 1. The molecule has 6 nitrogen and oxygen atoms in total. The van der Waals surface area contributed by atoms with E-state index in [-0.39, 0.29) is 18.2 Å². The van der Waals surface area contributed by atoms with Crippen molar-refractivity contribution in [3.63, 3.8) is 0 Å². The normalized spacial score (nSPS) is 11.2. The standard InChI is InChI=1S/C18H22N2O4S/c1-14-8-9-17(19-15(2)21)12-18(14)20(10-11-25(22,23)24)13-16-6-4-3-5-7-16/h3-9,12H,10-11,13H2,1-2H3,(H,19,21)(H,22,23,24). The minimum Gasteiger partial charge on any atom is -0.366 e. The first-order valence-corrected chi connectivity index (χ1v) is 9.48. The molecule has 1 amide bonds. The molecule has 0 atom stereocenters. The third-order valence-corrected chi connectivity index (χ3v) is 4.40. The van der Waals surface area contributed by atoms with E-state index in [9.17, 15) is 13.2 Å². The summed E-state index contributed by atoms with van der Waals surface area (Å²) in [5, 5.41) is 2.73. The highest BCUT2D eigenvalue weighted by Gasteiger charge is 2.15. The summed E-state index contributed by atoms with van der Waals surface area (Å²) in [5.74, 6) is -0.550. The van der Waals surface area contributed by atoms with Crippen LogP contribution in [0.15, 0.2) is 48.5 Å². The third-order valence-electron chi connectivity index (χ3n) is 3.71. The van der Waals surface area contributed by atoms with Crippen LogP contribution in [0.2, 0.25) is 0 Å². The summed E-state index contributed by atoms with van der Waals surface area (Å²) in [6.07, 6.45) is 0. The third kappa shape index (κ3) is 6.21. The van der Waals surface area contributed by atoms with Crippen molar-refractivity contribution in [1.29, 1.82) is 0 Å². The summed E-state index contributed by atoms with van der Waals surface area (Å²) in [5.41, 5.74) is 3.40. The predicted molar refractivity (Wildman–Crippen MR) is 99.4 cm³/mol. The van der Waals surface area contributed by atoms with Crippen molar-refractivity contribution in [1.82, 2.24) is 0 Å². The molecule has 0 aliphatic rings. The molecule has 2 rings (SSSR count). The van der Waals surface area contributed by atoms with Crippen LogP contribution in [0.5, 0.6) is 0 Å². The molecule has 0 radical (unpaired) electrons. The number of benzene rings is 2. The highest BCUT2D eigenvalue weighted by Crippen LogP contribution is 2.26. The zero-order valence-corrected chi connectivity index (χ0v) is 15.1. The van der Waals surface area contributed by atoms with E-state index in [0.717, 1.165) is 16.8 Å². The molecule has 2 aromatic carbocycles. The number of nitrogens with zero attached hydrogens (tertiary/aromatic N) is 1. The van der Waals surface area contributed by atoms with E-state index < -0.39 is 10.1 Å². The van der Waals surface area contributed by atoms with Gasteiger partial charge in [0.15, 0.2) is 0 Å². The lowest BCUT2D eigenvalue weighted by Gasteiger charge is -2.27. The van der Waals surface area contributed by atoms with E-state index in [1.807, 2.05) is 54.3 Å². The molecular weight excluding hydrogens is 340 g/mol. The van der Waals surface area contributed by atoms with Crippen LogP contribution in [-0.2, 0) is 21.5 Å². The van der Waals surface area contributed by atoms with Gasteiger partial charge < -0.3 is 10.2 Å². The fraction of sp³-hybridized carbons (Fsp3) is 0.278. The van der Waals surface area contributed by atoms with Gasteiger partial charge in [0.1, 0.15) is 0 Å². The van der Waals surface area contributed by atoms with Gasteiger partial charge in [0.25, 0.3) is 10.1 Å². The number of hydrogen-bond acceptors (Lipinski definition) is 4. The van der Waals surface area contributed by atoms with Crippen LogP contribution in [-0.4, -0.2) is 31.2 Å². The number of hydrogen-bond donors (Lipinski definition) is 2. The molecule has 7 heteroatoms. The molecule has 0 bridgehead atoms. The van der Waals surface area contributed by atoms with Crippen molar-refractivity contribution >= 4 is 27.4 Å². The number of nitrogens with one attached hydrogen (secondary N) is 1. The molecule has 0 heterocycles. The summed E-state index contributed by atoms with van der Waals surface area (Å²) in [4.78, 5) is 13.2. The SMILES string of the molecule is CC(=O)Nc1ccc(C)c(N(CCS(=O)(=O)O)Cc2ccccc2)c1. The lowest BCUT2D eigenvalue weighted by molar-refractivity contribution is -0.114. The lowest BCUT2D eigenvalue weighted by Crippen LogP contribution is -2.29. The summed E-state index contributed by atoms with van der Waals surface area (Å²) in [6.45, 7) is 3.97. The van der Waals surface area contributed by atoms with Gasteiger partial charge in [-0.3, -0.25) is 9.35 Å². The van der Waals surface area contributed by atoms with E-state index in [2.05, 4.69) is 5.32 Å². The zero-order chi connectivity index (χ0) is 18.4. The topological polar surface area (TPSA) is 86.7 Å². The maximum atomic E-state index is 11.3. The number of carbonyl (C=O) groups is 1. The summed E-state index contributed by atoms with van der Waals surface area (Å²) in [6, 6.07) is 15.1. The molecule has 0 aliphatic carbocycles. The van der Waals surface area contributed by atoms with Gasteiger partial charge in [0.2, 0.25) is 5.91 Å². The van der Waals surface area contributed by atoms with Crippen LogP contribution in [0.4, 0.5) is 11.4 Å². The van der Waals surface area contributed by atoms with Crippen molar-refractivity contribution < 1.29 is 17.8 Å². The number of aryl methyl sites for hydroxylation is 1. The van der Waals surface area contributed by atoms with E-state index in [0.29, 0.717) is 12.2 Å². The quantitative estimate of drug-likeness (QED) is 0.740. The van der Waals surface area contributed by atoms with Crippen LogP contribution in [0.3, 0.4) is 0 Å². The van der Waals surface area contributed by atoms with Crippen LogP contribution in [0.25, 0.3) is 0 Å². The summed E-state index contributed by atoms with van der Waals surface area (Å²) < 4.78 is 31.5. The van der Waals surface area contributed by atoms with E-state index in [1.54, 1.807) is 6.07 Å². The van der Waals surface area contributed by atoms with Crippen LogP contribution < -0.4 is 10.2 Å². The second-order valence-electron chi connectivity index (χ2n) is 5.88. The van der Waals surface area contributed by atoms with E-state index >= 15 is 0 Å². The zero-order valence-electron chi connectivity index (χ0n) is 14.3. The Morgan fingerprint density at radius 3 is 2.44 bits per heavy atom. The molecule has 2 aromatic rings. The maximum Gasteiger partial charge on any atom is 0.266 e. The van der Waals surface area contributed by atoms with Crippen molar-refractivity contribution in [2.75, 3.05) is 22.5 Å². The Morgan fingerprint density at radius 1 is 1.16 bits per heavy atom. The van der Waals surface area contributed by atoms with Gasteiger partial charge in [-0.1, -0.05) is 36.4 Å². The number of rotatable bonds is 7. The Bertz CT molecular complexity index is 835.